The minimum atomic E-state index is -0.326. The van der Waals surface area contributed by atoms with E-state index in [9.17, 15) is 9.59 Å². The Morgan fingerprint density at radius 2 is 1.95 bits per heavy atom. The maximum absolute atomic E-state index is 12.6. The number of ketones is 1. The summed E-state index contributed by atoms with van der Waals surface area (Å²) >= 11 is 7.45. The molecule has 1 aromatic carbocycles. The predicted molar refractivity (Wildman–Crippen MR) is 93.5 cm³/mol. The van der Waals surface area contributed by atoms with Crippen LogP contribution in [0.1, 0.15) is 27.7 Å². The molecule has 1 aromatic heterocycles. The average molecular weight is 359 g/mol. The Bertz CT molecular complexity index is 686. The van der Waals surface area contributed by atoms with Crippen LogP contribution in [0.5, 0.6) is 0 Å². The van der Waals surface area contributed by atoms with E-state index >= 15 is 0 Å². The van der Waals surface area contributed by atoms with Gasteiger partial charge in [0.25, 0.3) is 0 Å². The first-order chi connectivity index (χ1) is 10.1. The molecule has 2 aromatic rings. The third kappa shape index (κ3) is 4.08. The van der Waals surface area contributed by atoms with Gasteiger partial charge in [-0.3, -0.25) is 9.59 Å². The zero-order valence-corrected chi connectivity index (χ0v) is 14.3. The fourth-order valence-electron chi connectivity index (χ4n) is 1.85. The number of hydrogen-bond donors (Lipinski definition) is 2. The Morgan fingerprint density at radius 1 is 1.27 bits per heavy atom. The van der Waals surface area contributed by atoms with Crippen LogP contribution < -0.4 is 11.1 Å². The van der Waals surface area contributed by atoms with Gasteiger partial charge in [-0.15, -0.1) is 23.7 Å². The molecule has 0 unspecified atom stereocenters. The largest absolute Gasteiger partial charge is 0.322 e. The van der Waals surface area contributed by atoms with Crippen molar-refractivity contribution >= 4 is 52.0 Å². The highest BCUT2D eigenvalue weighted by Crippen LogP contribution is 2.31. The van der Waals surface area contributed by atoms with Gasteiger partial charge in [0, 0.05) is 10.4 Å². The SMILES string of the molecule is CCc1cc(C(=O)c2ccccc2Cl)c(NC(=O)CN)s1.Cl. The standard InChI is InChI=1S/C15H15ClN2O2S.ClH/c1-2-9-7-11(15(21-9)18-13(19)8-17)14(20)10-5-3-4-6-12(10)16;/h3-7H,2,8,17H2,1H3,(H,18,19);1H. The Morgan fingerprint density at radius 3 is 2.55 bits per heavy atom. The molecule has 1 amide bonds. The van der Waals surface area contributed by atoms with Crippen LogP contribution in [0.4, 0.5) is 5.00 Å². The number of halogens is 2. The summed E-state index contributed by atoms with van der Waals surface area (Å²) in [6.45, 7) is 1.86. The molecule has 0 saturated carbocycles. The highest BCUT2D eigenvalue weighted by atomic mass is 35.5. The summed E-state index contributed by atoms with van der Waals surface area (Å²) in [6, 6.07) is 8.65. The fraction of sp³-hybridized carbons (Fsp3) is 0.200. The normalized spacial score (nSPS) is 9.95. The number of amides is 1. The smallest absolute Gasteiger partial charge is 0.238 e. The molecule has 3 N–H and O–H groups in total. The van der Waals surface area contributed by atoms with E-state index in [0.717, 1.165) is 11.3 Å². The summed E-state index contributed by atoms with van der Waals surface area (Å²) in [5.74, 6) is -0.531. The van der Waals surface area contributed by atoms with Crippen molar-refractivity contribution in [3.63, 3.8) is 0 Å². The zero-order chi connectivity index (χ0) is 15.4. The van der Waals surface area contributed by atoms with Crippen LogP contribution in [0.25, 0.3) is 0 Å². The third-order valence-corrected chi connectivity index (χ3v) is 4.46. The van der Waals surface area contributed by atoms with Gasteiger partial charge in [-0.05, 0) is 24.6 Å². The van der Waals surface area contributed by atoms with Crippen LogP contribution in [-0.2, 0) is 11.2 Å². The van der Waals surface area contributed by atoms with Crippen molar-refractivity contribution in [1.82, 2.24) is 0 Å². The number of rotatable bonds is 5. The van der Waals surface area contributed by atoms with Gasteiger partial charge in [0.1, 0.15) is 5.00 Å². The Balaban J connectivity index is 0.00000242. The Labute approximate surface area is 144 Å². The van der Waals surface area contributed by atoms with Gasteiger partial charge < -0.3 is 11.1 Å². The molecule has 1 heterocycles. The first-order valence-corrected chi connectivity index (χ1v) is 7.68. The van der Waals surface area contributed by atoms with Crippen molar-refractivity contribution in [2.45, 2.75) is 13.3 Å². The summed E-state index contributed by atoms with van der Waals surface area (Å²) in [5.41, 5.74) is 6.18. The third-order valence-electron chi connectivity index (χ3n) is 2.93. The Hall–Kier alpha value is -1.40. The first-order valence-electron chi connectivity index (χ1n) is 6.48. The fourth-order valence-corrected chi connectivity index (χ4v) is 3.08. The first kappa shape index (κ1) is 18.6. The number of nitrogens with two attached hydrogens (primary N) is 1. The van der Waals surface area contributed by atoms with Gasteiger partial charge in [0.05, 0.1) is 17.1 Å². The van der Waals surface area contributed by atoms with Crippen LogP contribution in [0.3, 0.4) is 0 Å². The number of anilines is 1. The molecule has 0 aliphatic heterocycles. The van der Waals surface area contributed by atoms with Crippen LogP contribution >= 0.6 is 35.3 Å². The molecule has 0 saturated heterocycles. The van der Waals surface area contributed by atoms with Crippen molar-refractivity contribution in [1.29, 1.82) is 0 Å². The lowest BCUT2D eigenvalue weighted by Crippen LogP contribution is -2.22. The minimum absolute atomic E-state index is 0. The maximum atomic E-state index is 12.6. The molecule has 2 rings (SSSR count). The number of aryl methyl sites for hydroxylation is 1. The summed E-state index contributed by atoms with van der Waals surface area (Å²) in [7, 11) is 0. The number of nitrogens with one attached hydrogen (secondary N) is 1. The summed E-state index contributed by atoms with van der Waals surface area (Å²) < 4.78 is 0. The number of hydrogen-bond acceptors (Lipinski definition) is 4. The molecule has 118 valence electrons. The second-order valence-electron chi connectivity index (χ2n) is 4.37. The van der Waals surface area contributed by atoms with Crippen molar-refractivity contribution in [3.8, 4) is 0 Å². The quantitative estimate of drug-likeness (QED) is 0.803. The van der Waals surface area contributed by atoms with Crippen LogP contribution in [0.15, 0.2) is 30.3 Å². The Kier molecular flexibility index (Phi) is 7.03. The molecule has 22 heavy (non-hydrogen) atoms. The number of carbonyl (C=O) groups excluding carboxylic acids is 2. The van der Waals surface area contributed by atoms with Gasteiger partial charge in [-0.1, -0.05) is 30.7 Å². The van der Waals surface area contributed by atoms with Gasteiger partial charge in [-0.25, -0.2) is 0 Å². The number of thiophene rings is 1. The van der Waals surface area contributed by atoms with Crippen molar-refractivity contribution in [2.24, 2.45) is 5.73 Å². The van der Waals surface area contributed by atoms with E-state index in [1.165, 1.54) is 11.3 Å². The van der Waals surface area contributed by atoms with Crippen LogP contribution in [0.2, 0.25) is 5.02 Å². The van der Waals surface area contributed by atoms with E-state index in [4.69, 9.17) is 17.3 Å². The highest BCUT2D eigenvalue weighted by molar-refractivity contribution is 7.16. The monoisotopic (exact) mass is 358 g/mol. The number of benzene rings is 1. The molecule has 0 aliphatic carbocycles. The van der Waals surface area contributed by atoms with Gasteiger partial charge in [-0.2, -0.15) is 0 Å². The second kappa shape index (κ2) is 8.29. The van der Waals surface area contributed by atoms with E-state index in [1.807, 2.05) is 6.92 Å². The molecule has 0 fully saturated rings. The summed E-state index contributed by atoms with van der Waals surface area (Å²) in [4.78, 5) is 25.1. The molecule has 0 spiro atoms. The summed E-state index contributed by atoms with van der Waals surface area (Å²) in [6.07, 6.45) is 0.784. The van der Waals surface area contributed by atoms with Gasteiger partial charge >= 0.3 is 0 Å². The molecule has 0 atom stereocenters. The topological polar surface area (TPSA) is 72.2 Å². The maximum Gasteiger partial charge on any atom is 0.238 e. The molecule has 7 heteroatoms. The molecule has 0 radical (unpaired) electrons. The minimum Gasteiger partial charge on any atom is -0.322 e. The highest BCUT2D eigenvalue weighted by Gasteiger charge is 2.20. The predicted octanol–water partition coefficient (Wildman–Crippen LogP) is 3.51. The second-order valence-corrected chi connectivity index (χ2v) is 5.91. The summed E-state index contributed by atoms with van der Waals surface area (Å²) in [5, 5.41) is 3.59. The average Bonchev–Trinajstić information content (AvgIpc) is 2.90. The number of carbonyl (C=O) groups is 2. The lowest BCUT2D eigenvalue weighted by molar-refractivity contribution is -0.114. The molecule has 0 bridgehead atoms. The van der Waals surface area contributed by atoms with E-state index in [1.54, 1.807) is 30.3 Å². The lowest BCUT2D eigenvalue weighted by Gasteiger charge is -2.05. The van der Waals surface area contributed by atoms with E-state index in [-0.39, 0.29) is 30.6 Å². The van der Waals surface area contributed by atoms with E-state index in [2.05, 4.69) is 5.32 Å². The van der Waals surface area contributed by atoms with Gasteiger partial charge in [0.2, 0.25) is 5.91 Å². The molecular weight excluding hydrogens is 343 g/mol. The molecule has 4 nitrogen and oxygen atoms in total. The van der Waals surface area contributed by atoms with Crippen LogP contribution in [0, 0.1) is 0 Å². The molecular formula is C15H16Cl2N2O2S. The van der Waals surface area contributed by atoms with E-state index < -0.39 is 0 Å². The van der Waals surface area contributed by atoms with Gasteiger partial charge in [0.15, 0.2) is 5.78 Å². The molecule has 0 aliphatic rings. The zero-order valence-electron chi connectivity index (χ0n) is 11.9. The van der Waals surface area contributed by atoms with Crippen molar-refractivity contribution in [3.05, 3.63) is 51.4 Å². The van der Waals surface area contributed by atoms with Crippen LogP contribution in [-0.4, -0.2) is 18.2 Å². The van der Waals surface area contributed by atoms with Crippen molar-refractivity contribution < 1.29 is 9.59 Å². The van der Waals surface area contributed by atoms with Crippen molar-refractivity contribution in [2.75, 3.05) is 11.9 Å². The lowest BCUT2D eigenvalue weighted by atomic mass is 10.0. The van der Waals surface area contributed by atoms with E-state index in [0.29, 0.717) is 21.2 Å².